The quantitative estimate of drug-likeness (QED) is 0.561. The topological polar surface area (TPSA) is 8.29 Å². The summed E-state index contributed by atoms with van der Waals surface area (Å²) in [5.41, 5.74) is 5.05. The fourth-order valence-electron chi connectivity index (χ4n) is 2.27. The molecule has 3 aromatic heterocycles. The molecule has 0 saturated heterocycles. The molecule has 2 heteroatoms. The maximum absolute atomic E-state index is 2.24. The first-order valence-corrected chi connectivity index (χ1v) is 5.78. The average Bonchev–Trinajstić information content (AvgIpc) is 2.76. The predicted octanol–water partition coefficient (Wildman–Crippen LogP) is 2.74. The van der Waals surface area contributed by atoms with Gasteiger partial charge in [0.1, 0.15) is 7.05 Å². The van der Waals surface area contributed by atoms with Gasteiger partial charge in [0.25, 0.3) is 0 Å². The Morgan fingerprint density at radius 1 is 1.12 bits per heavy atom. The van der Waals surface area contributed by atoms with Gasteiger partial charge in [-0.1, -0.05) is 0 Å². The van der Waals surface area contributed by atoms with Gasteiger partial charge in [-0.2, -0.15) is 0 Å². The van der Waals surface area contributed by atoms with Crippen LogP contribution < -0.4 is 4.57 Å². The first-order valence-electron chi connectivity index (χ1n) is 5.78. The summed E-state index contributed by atoms with van der Waals surface area (Å²) in [5, 5.41) is 0. The van der Waals surface area contributed by atoms with Gasteiger partial charge < -0.3 is 4.40 Å². The fourth-order valence-corrected chi connectivity index (χ4v) is 2.27. The van der Waals surface area contributed by atoms with Crippen molar-refractivity contribution in [3.8, 4) is 11.3 Å². The highest BCUT2D eigenvalue weighted by atomic mass is 14.9. The molecule has 3 aromatic rings. The van der Waals surface area contributed by atoms with Crippen molar-refractivity contribution >= 4 is 5.52 Å². The van der Waals surface area contributed by atoms with E-state index in [4.69, 9.17) is 0 Å². The van der Waals surface area contributed by atoms with Crippen molar-refractivity contribution in [3.05, 3.63) is 60.6 Å². The molecule has 0 atom stereocenters. The zero-order valence-electron chi connectivity index (χ0n) is 10.1. The van der Waals surface area contributed by atoms with Crippen LogP contribution in [-0.4, -0.2) is 4.40 Å². The van der Waals surface area contributed by atoms with Crippen LogP contribution in [0.5, 0.6) is 0 Å². The van der Waals surface area contributed by atoms with Crippen molar-refractivity contribution in [1.29, 1.82) is 0 Å². The number of rotatable bonds is 1. The second-order valence-electron chi connectivity index (χ2n) is 4.41. The summed E-state index contributed by atoms with van der Waals surface area (Å²) in [6.07, 6.45) is 6.34. The Morgan fingerprint density at radius 3 is 2.82 bits per heavy atom. The van der Waals surface area contributed by atoms with Gasteiger partial charge in [-0.15, -0.1) is 0 Å². The van der Waals surface area contributed by atoms with Crippen molar-refractivity contribution in [2.45, 2.75) is 6.92 Å². The molecular formula is C15H15N2+. The van der Waals surface area contributed by atoms with Crippen LogP contribution in [0, 0.1) is 6.92 Å². The molecule has 0 aromatic carbocycles. The van der Waals surface area contributed by atoms with Crippen LogP contribution in [0.25, 0.3) is 16.8 Å². The molecule has 84 valence electrons. The third kappa shape index (κ3) is 1.62. The number of aromatic nitrogens is 2. The molecule has 0 radical (unpaired) electrons. The van der Waals surface area contributed by atoms with E-state index in [-0.39, 0.29) is 0 Å². The molecule has 0 spiro atoms. The third-order valence-corrected chi connectivity index (χ3v) is 3.19. The van der Waals surface area contributed by atoms with Crippen LogP contribution in [0.2, 0.25) is 0 Å². The van der Waals surface area contributed by atoms with Gasteiger partial charge in [0.2, 0.25) is 5.69 Å². The maximum atomic E-state index is 2.24. The normalized spacial score (nSPS) is 10.9. The minimum absolute atomic E-state index is 1.23. The smallest absolute Gasteiger partial charge is 0.212 e. The van der Waals surface area contributed by atoms with E-state index in [1.54, 1.807) is 0 Å². The zero-order chi connectivity index (χ0) is 11.8. The van der Waals surface area contributed by atoms with Crippen LogP contribution >= 0.6 is 0 Å². The zero-order valence-corrected chi connectivity index (χ0v) is 10.1. The van der Waals surface area contributed by atoms with Gasteiger partial charge in [0.05, 0.1) is 5.56 Å². The van der Waals surface area contributed by atoms with Crippen molar-refractivity contribution in [2.75, 3.05) is 0 Å². The Balaban J connectivity index is 2.30. The molecule has 0 amide bonds. The largest absolute Gasteiger partial charge is 0.324 e. The lowest BCUT2D eigenvalue weighted by molar-refractivity contribution is -0.660. The van der Waals surface area contributed by atoms with E-state index in [2.05, 4.69) is 77.9 Å². The Bertz CT molecular complexity index is 680. The highest BCUT2D eigenvalue weighted by molar-refractivity contribution is 5.67. The molecule has 0 N–H and O–H groups in total. The molecule has 0 fully saturated rings. The molecule has 0 aliphatic carbocycles. The summed E-state index contributed by atoms with van der Waals surface area (Å²) in [6.45, 7) is 2.15. The molecule has 3 heterocycles. The molecule has 17 heavy (non-hydrogen) atoms. The average molecular weight is 223 g/mol. The lowest BCUT2D eigenvalue weighted by Gasteiger charge is -2.05. The Morgan fingerprint density at radius 2 is 2.00 bits per heavy atom. The molecule has 0 bridgehead atoms. The van der Waals surface area contributed by atoms with Crippen LogP contribution in [0.1, 0.15) is 5.56 Å². The van der Waals surface area contributed by atoms with Gasteiger partial charge in [0, 0.05) is 30.0 Å². The van der Waals surface area contributed by atoms with E-state index >= 15 is 0 Å². The van der Waals surface area contributed by atoms with Crippen LogP contribution in [-0.2, 0) is 7.05 Å². The van der Waals surface area contributed by atoms with Crippen molar-refractivity contribution in [3.63, 3.8) is 0 Å². The van der Waals surface area contributed by atoms with Crippen LogP contribution in [0.3, 0.4) is 0 Å². The van der Waals surface area contributed by atoms with Gasteiger partial charge >= 0.3 is 0 Å². The standard InChI is InChI=1S/C15H15N2/c1-12-11-17-9-5-6-13(17)10-14(12)15-7-3-4-8-16(15)2/h3-11H,1-2H3/q+1. The molecule has 0 saturated carbocycles. The second kappa shape index (κ2) is 3.74. The van der Waals surface area contributed by atoms with E-state index in [0.29, 0.717) is 0 Å². The Kier molecular flexibility index (Phi) is 2.22. The van der Waals surface area contributed by atoms with E-state index in [0.717, 1.165) is 0 Å². The lowest BCUT2D eigenvalue weighted by atomic mass is 10.1. The summed E-state index contributed by atoms with van der Waals surface area (Å²) in [6, 6.07) is 12.7. The van der Waals surface area contributed by atoms with E-state index in [1.807, 2.05) is 0 Å². The lowest BCUT2D eigenvalue weighted by Crippen LogP contribution is -2.30. The van der Waals surface area contributed by atoms with E-state index in [1.165, 1.54) is 22.3 Å². The molecule has 0 unspecified atom stereocenters. The van der Waals surface area contributed by atoms with E-state index < -0.39 is 0 Å². The minimum atomic E-state index is 1.23. The maximum Gasteiger partial charge on any atom is 0.212 e. The first-order chi connectivity index (χ1) is 8.25. The minimum Gasteiger partial charge on any atom is -0.324 e. The number of pyridine rings is 2. The number of hydrogen-bond acceptors (Lipinski definition) is 0. The fraction of sp³-hybridized carbons (Fsp3) is 0.133. The summed E-state index contributed by atoms with van der Waals surface area (Å²) in [7, 11) is 2.08. The second-order valence-corrected chi connectivity index (χ2v) is 4.41. The molecule has 0 aliphatic heterocycles. The van der Waals surface area contributed by atoms with Crippen molar-refractivity contribution < 1.29 is 4.57 Å². The van der Waals surface area contributed by atoms with Crippen molar-refractivity contribution in [1.82, 2.24) is 4.40 Å². The Labute approximate surface area is 101 Å². The van der Waals surface area contributed by atoms with Gasteiger partial charge in [-0.25, -0.2) is 4.57 Å². The number of aryl methyl sites for hydroxylation is 2. The highest BCUT2D eigenvalue weighted by Gasteiger charge is 2.11. The molecule has 3 rings (SSSR count). The van der Waals surface area contributed by atoms with Crippen LogP contribution in [0.4, 0.5) is 0 Å². The third-order valence-electron chi connectivity index (χ3n) is 3.19. The molecule has 2 nitrogen and oxygen atoms in total. The summed E-state index contributed by atoms with van der Waals surface area (Å²) in [5.74, 6) is 0. The molecular weight excluding hydrogens is 208 g/mol. The monoisotopic (exact) mass is 223 g/mol. The van der Waals surface area contributed by atoms with E-state index in [9.17, 15) is 0 Å². The Hall–Kier alpha value is -2.09. The van der Waals surface area contributed by atoms with Gasteiger partial charge in [-0.3, -0.25) is 0 Å². The number of nitrogens with zero attached hydrogens (tertiary/aromatic N) is 2. The van der Waals surface area contributed by atoms with Crippen molar-refractivity contribution in [2.24, 2.45) is 7.05 Å². The summed E-state index contributed by atoms with van der Waals surface area (Å²) in [4.78, 5) is 0. The highest BCUT2D eigenvalue weighted by Crippen LogP contribution is 2.22. The summed E-state index contributed by atoms with van der Waals surface area (Å²) < 4.78 is 4.31. The molecule has 0 aliphatic rings. The van der Waals surface area contributed by atoms with Gasteiger partial charge in [-0.05, 0) is 36.8 Å². The van der Waals surface area contributed by atoms with Crippen LogP contribution in [0.15, 0.2) is 55.0 Å². The van der Waals surface area contributed by atoms with Gasteiger partial charge in [0.15, 0.2) is 6.20 Å². The SMILES string of the molecule is Cc1cn2cccc2cc1-c1cccc[n+]1C. The summed E-state index contributed by atoms with van der Waals surface area (Å²) >= 11 is 0. The first kappa shape index (κ1) is 10.1. The predicted molar refractivity (Wildman–Crippen MR) is 68.7 cm³/mol. The number of hydrogen-bond donors (Lipinski definition) is 0. The number of fused-ring (bicyclic) bond motifs is 1.